The number of nitrogens with zero attached hydrogens (tertiary/aromatic N) is 1. The first-order chi connectivity index (χ1) is 10.0. The summed E-state index contributed by atoms with van der Waals surface area (Å²) in [4.78, 5) is 30.4. The molecule has 2 amide bonds. The summed E-state index contributed by atoms with van der Waals surface area (Å²) in [6.45, 7) is 1.98. The Kier molecular flexibility index (Phi) is 4.82. The van der Waals surface area contributed by atoms with Crippen molar-refractivity contribution in [3.8, 4) is 0 Å². The van der Waals surface area contributed by atoms with Gasteiger partial charge in [0.25, 0.3) is 0 Å². The molecule has 1 aliphatic rings. The van der Waals surface area contributed by atoms with Gasteiger partial charge < -0.3 is 20.7 Å². The predicted octanol–water partition coefficient (Wildman–Crippen LogP) is 1.80. The van der Waals surface area contributed by atoms with E-state index in [0.29, 0.717) is 18.7 Å². The minimum absolute atomic E-state index is 0.166. The highest BCUT2D eigenvalue weighted by Crippen LogP contribution is 2.35. The Bertz CT molecular complexity index is 480. The van der Waals surface area contributed by atoms with Crippen LogP contribution in [0.1, 0.15) is 50.9 Å². The van der Waals surface area contributed by atoms with Crippen molar-refractivity contribution >= 4 is 12.0 Å². The standard InChI is InChI=1S/C14H22N4O3/c1-10(11-15-7-8-16-11)18-13(21)17-9-14(12(19)20)5-3-2-4-6-14/h7-8,10H,2-6,9H2,1H3,(H,15,16)(H,19,20)(H2,17,18,21). The van der Waals surface area contributed by atoms with E-state index < -0.39 is 11.4 Å². The summed E-state index contributed by atoms with van der Waals surface area (Å²) in [5.41, 5.74) is -0.816. The number of imidazole rings is 1. The van der Waals surface area contributed by atoms with Gasteiger partial charge in [0, 0.05) is 18.9 Å². The van der Waals surface area contributed by atoms with Gasteiger partial charge in [-0.05, 0) is 19.8 Å². The third-order valence-electron chi connectivity index (χ3n) is 4.13. The van der Waals surface area contributed by atoms with Crippen molar-refractivity contribution in [3.63, 3.8) is 0 Å². The molecular weight excluding hydrogens is 272 g/mol. The number of amides is 2. The van der Waals surface area contributed by atoms with Crippen molar-refractivity contribution in [1.82, 2.24) is 20.6 Å². The second-order valence-electron chi connectivity index (χ2n) is 5.67. The van der Waals surface area contributed by atoms with E-state index in [1.807, 2.05) is 6.92 Å². The van der Waals surface area contributed by atoms with Crippen LogP contribution in [0.15, 0.2) is 12.4 Å². The molecule has 21 heavy (non-hydrogen) atoms. The lowest BCUT2D eigenvalue weighted by molar-refractivity contribution is -0.150. The number of carbonyl (C=O) groups is 2. The molecule has 116 valence electrons. The van der Waals surface area contributed by atoms with Gasteiger partial charge in [-0.3, -0.25) is 4.79 Å². The fourth-order valence-electron chi connectivity index (χ4n) is 2.77. The normalized spacial score (nSPS) is 18.7. The van der Waals surface area contributed by atoms with Crippen molar-refractivity contribution in [2.75, 3.05) is 6.54 Å². The van der Waals surface area contributed by atoms with E-state index in [1.165, 1.54) is 0 Å². The predicted molar refractivity (Wildman–Crippen MR) is 76.7 cm³/mol. The Morgan fingerprint density at radius 1 is 1.43 bits per heavy atom. The van der Waals surface area contributed by atoms with Gasteiger partial charge in [0.1, 0.15) is 5.82 Å². The van der Waals surface area contributed by atoms with E-state index in [-0.39, 0.29) is 18.6 Å². The zero-order valence-electron chi connectivity index (χ0n) is 12.2. The molecule has 0 bridgehead atoms. The van der Waals surface area contributed by atoms with E-state index in [9.17, 15) is 14.7 Å². The number of aromatic nitrogens is 2. The Labute approximate surface area is 123 Å². The summed E-state index contributed by atoms with van der Waals surface area (Å²) in [5.74, 6) is -0.155. The first kappa shape index (κ1) is 15.3. The van der Waals surface area contributed by atoms with Crippen LogP contribution in [0.3, 0.4) is 0 Å². The number of nitrogens with one attached hydrogen (secondary N) is 3. The fraction of sp³-hybridized carbons (Fsp3) is 0.643. The monoisotopic (exact) mass is 294 g/mol. The van der Waals surface area contributed by atoms with Gasteiger partial charge in [0.05, 0.1) is 11.5 Å². The number of hydrogen-bond donors (Lipinski definition) is 4. The Balaban J connectivity index is 1.86. The lowest BCUT2D eigenvalue weighted by Crippen LogP contribution is -2.47. The highest BCUT2D eigenvalue weighted by Gasteiger charge is 2.39. The smallest absolute Gasteiger partial charge is 0.315 e. The molecule has 7 nitrogen and oxygen atoms in total. The molecule has 1 saturated carbocycles. The minimum Gasteiger partial charge on any atom is -0.481 e. The molecule has 4 N–H and O–H groups in total. The number of carbonyl (C=O) groups excluding carboxylic acids is 1. The first-order valence-corrected chi connectivity index (χ1v) is 7.30. The molecule has 1 heterocycles. The van der Waals surface area contributed by atoms with Gasteiger partial charge in [-0.25, -0.2) is 9.78 Å². The van der Waals surface area contributed by atoms with E-state index in [1.54, 1.807) is 12.4 Å². The van der Waals surface area contributed by atoms with Crippen LogP contribution >= 0.6 is 0 Å². The van der Waals surface area contributed by atoms with Crippen LogP contribution in [0.2, 0.25) is 0 Å². The van der Waals surface area contributed by atoms with Gasteiger partial charge >= 0.3 is 12.0 Å². The number of H-pyrrole nitrogens is 1. The van der Waals surface area contributed by atoms with Crippen LogP contribution in [0.25, 0.3) is 0 Å². The minimum atomic E-state index is -0.818. The molecular formula is C14H22N4O3. The average Bonchev–Trinajstić information content (AvgIpc) is 3.00. The number of hydrogen-bond acceptors (Lipinski definition) is 3. The molecule has 0 spiro atoms. The van der Waals surface area contributed by atoms with E-state index in [4.69, 9.17) is 0 Å². The summed E-state index contributed by atoms with van der Waals surface area (Å²) in [5, 5.41) is 14.9. The zero-order valence-corrected chi connectivity index (χ0v) is 12.2. The molecule has 1 fully saturated rings. The topological polar surface area (TPSA) is 107 Å². The van der Waals surface area contributed by atoms with Gasteiger partial charge in [-0.1, -0.05) is 19.3 Å². The Morgan fingerprint density at radius 2 is 2.14 bits per heavy atom. The maximum absolute atomic E-state index is 11.9. The quantitative estimate of drug-likeness (QED) is 0.664. The van der Waals surface area contributed by atoms with Crippen LogP contribution in [-0.4, -0.2) is 33.6 Å². The highest BCUT2D eigenvalue weighted by atomic mass is 16.4. The zero-order chi connectivity index (χ0) is 15.3. The second-order valence-corrected chi connectivity index (χ2v) is 5.67. The van der Waals surface area contributed by atoms with Crippen LogP contribution < -0.4 is 10.6 Å². The summed E-state index contributed by atoms with van der Waals surface area (Å²) >= 11 is 0. The number of aliphatic carboxylic acids is 1. The SMILES string of the molecule is CC(NC(=O)NCC1(C(=O)O)CCCCC1)c1ncc[nH]1. The molecule has 1 aromatic heterocycles. The third-order valence-corrected chi connectivity index (χ3v) is 4.13. The van der Waals surface area contributed by atoms with Crippen molar-refractivity contribution in [2.24, 2.45) is 5.41 Å². The Hall–Kier alpha value is -2.05. The summed E-state index contributed by atoms with van der Waals surface area (Å²) < 4.78 is 0. The molecule has 7 heteroatoms. The number of aromatic amines is 1. The highest BCUT2D eigenvalue weighted by molar-refractivity contribution is 5.78. The summed E-state index contributed by atoms with van der Waals surface area (Å²) in [6, 6.07) is -0.628. The molecule has 1 atom stereocenters. The average molecular weight is 294 g/mol. The van der Waals surface area contributed by atoms with Crippen molar-refractivity contribution in [2.45, 2.75) is 45.1 Å². The molecule has 0 aromatic carbocycles. The number of rotatable bonds is 5. The molecule has 0 saturated heterocycles. The van der Waals surface area contributed by atoms with E-state index in [2.05, 4.69) is 20.6 Å². The third kappa shape index (κ3) is 3.74. The summed E-state index contributed by atoms with van der Waals surface area (Å²) in [7, 11) is 0. The van der Waals surface area contributed by atoms with Crippen molar-refractivity contribution in [3.05, 3.63) is 18.2 Å². The number of carboxylic acids is 1. The van der Waals surface area contributed by atoms with Gasteiger partial charge in [0.2, 0.25) is 0 Å². The maximum atomic E-state index is 11.9. The lowest BCUT2D eigenvalue weighted by atomic mass is 9.74. The maximum Gasteiger partial charge on any atom is 0.315 e. The lowest BCUT2D eigenvalue weighted by Gasteiger charge is -2.33. The molecule has 1 unspecified atom stereocenters. The summed E-state index contributed by atoms with van der Waals surface area (Å²) in [6.07, 6.45) is 7.42. The first-order valence-electron chi connectivity index (χ1n) is 7.30. The van der Waals surface area contributed by atoms with Crippen molar-refractivity contribution in [1.29, 1.82) is 0 Å². The second kappa shape index (κ2) is 6.60. The Morgan fingerprint density at radius 3 is 2.71 bits per heavy atom. The number of carboxylic acid groups (broad SMARTS) is 1. The van der Waals surface area contributed by atoms with Crippen LogP contribution in [0.5, 0.6) is 0 Å². The van der Waals surface area contributed by atoms with Crippen LogP contribution in [0, 0.1) is 5.41 Å². The fourth-order valence-corrected chi connectivity index (χ4v) is 2.77. The van der Waals surface area contributed by atoms with Gasteiger partial charge in [0.15, 0.2) is 0 Å². The largest absolute Gasteiger partial charge is 0.481 e. The van der Waals surface area contributed by atoms with E-state index >= 15 is 0 Å². The van der Waals surface area contributed by atoms with Crippen LogP contribution in [-0.2, 0) is 4.79 Å². The van der Waals surface area contributed by atoms with Crippen LogP contribution in [0.4, 0.5) is 4.79 Å². The van der Waals surface area contributed by atoms with Gasteiger partial charge in [-0.15, -0.1) is 0 Å². The molecule has 1 aromatic rings. The molecule has 2 rings (SSSR count). The van der Waals surface area contributed by atoms with Gasteiger partial charge in [-0.2, -0.15) is 0 Å². The number of urea groups is 1. The van der Waals surface area contributed by atoms with E-state index in [0.717, 1.165) is 19.3 Å². The molecule has 0 radical (unpaired) electrons. The molecule has 1 aliphatic carbocycles. The molecule has 0 aliphatic heterocycles. The van der Waals surface area contributed by atoms with Crippen molar-refractivity contribution < 1.29 is 14.7 Å².